The van der Waals surface area contributed by atoms with Gasteiger partial charge in [-0.05, 0) is 43.3 Å². The van der Waals surface area contributed by atoms with Crippen LogP contribution in [0.25, 0.3) is 17.1 Å². The molecular weight excluding hydrogens is 482 g/mol. The van der Waals surface area contributed by atoms with E-state index in [0.717, 1.165) is 11.4 Å². The minimum absolute atomic E-state index is 0.0781. The van der Waals surface area contributed by atoms with Crippen LogP contribution < -0.4 is 19.6 Å². The summed E-state index contributed by atoms with van der Waals surface area (Å²) in [5.74, 6) is 3.12. The summed E-state index contributed by atoms with van der Waals surface area (Å²) in [4.78, 5) is 12.4. The van der Waals surface area contributed by atoms with E-state index >= 15 is 0 Å². The Morgan fingerprint density at radius 3 is 2.39 bits per heavy atom. The number of nitrogens with zero attached hydrogens (tertiary/aromatic N) is 4. The normalized spacial score (nSPS) is 11.0. The number of hydrogen-bond acceptors (Lipinski definition) is 9. The maximum Gasteiger partial charge on any atom is 0.250 e. The van der Waals surface area contributed by atoms with E-state index in [1.54, 1.807) is 39.5 Å². The van der Waals surface area contributed by atoms with Gasteiger partial charge in [0, 0.05) is 11.3 Å². The Hall–Kier alpha value is -4.25. The molecule has 0 bridgehead atoms. The molecule has 0 saturated carbocycles. The number of thioether (sulfide) groups is 1. The molecule has 4 aromatic rings. The zero-order chi connectivity index (χ0) is 25.5. The summed E-state index contributed by atoms with van der Waals surface area (Å²) >= 11 is 1.24. The average Bonchev–Trinajstić information content (AvgIpc) is 3.52. The van der Waals surface area contributed by atoms with Crippen LogP contribution in [0.15, 0.2) is 69.3 Å². The van der Waals surface area contributed by atoms with E-state index < -0.39 is 0 Å². The highest BCUT2D eigenvalue weighted by molar-refractivity contribution is 7.99. The number of rotatable bonds is 10. The molecule has 0 radical (unpaired) electrons. The van der Waals surface area contributed by atoms with Gasteiger partial charge in [0.2, 0.25) is 5.75 Å². The monoisotopic (exact) mass is 507 g/mol. The lowest BCUT2D eigenvalue weighted by atomic mass is 10.1. The Bertz CT molecular complexity index is 1340. The minimum Gasteiger partial charge on any atom is -0.493 e. The fourth-order valence-electron chi connectivity index (χ4n) is 3.42. The van der Waals surface area contributed by atoms with Crippen LogP contribution in [0.3, 0.4) is 0 Å². The van der Waals surface area contributed by atoms with Gasteiger partial charge in [-0.15, -0.1) is 10.2 Å². The lowest BCUT2D eigenvalue weighted by Crippen LogP contribution is -2.19. The smallest absolute Gasteiger partial charge is 0.250 e. The zero-order valence-electron chi connectivity index (χ0n) is 20.2. The molecule has 4 rings (SSSR count). The molecule has 0 aliphatic carbocycles. The second-order valence-corrected chi connectivity index (χ2v) is 8.36. The van der Waals surface area contributed by atoms with Crippen LogP contribution in [0.4, 0.5) is 0 Å². The van der Waals surface area contributed by atoms with Crippen LogP contribution in [-0.2, 0) is 4.79 Å². The molecule has 0 unspecified atom stereocenters. The van der Waals surface area contributed by atoms with E-state index in [4.69, 9.17) is 18.6 Å². The molecule has 0 aliphatic rings. The molecule has 2 aromatic heterocycles. The first kappa shape index (κ1) is 24.9. The number of hydrogen-bond donors (Lipinski definition) is 1. The maximum atomic E-state index is 12.4. The first-order valence-corrected chi connectivity index (χ1v) is 11.8. The minimum atomic E-state index is -0.295. The molecule has 0 spiro atoms. The number of methoxy groups -OCH3 is 3. The SMILES string of the molecule is COc1cc(-c2nnc(SCC(=O)N/N=C\c3ccc(C)o3)n2-c2ccccc2)cc(OC)c1OC. The lowest BCUT2D eigenvalue weighted by Gasteiger charge is -2.15. The van der Waals surface area contributed by atoms with Crippen molar-refractivity contribution in [1.82, 2.24) is 20.2 Å². The van der Waals surface area contributed by atoms with Crippen molar-refractivity contribution in [2.24, 2.45) is 5.10 Å². The number of carbonyl (C=O) groups excluding carboxylic acids is 1. The van der Waals surface area contributed by atoms with Crippen molar-refractivity contribution in [3.05, 3.63) is 66.1 Å². The summed E-state index contributed by atoms with van der Waals surface area (Å²) in [7, 11) is 4.66. The summed E-state index contributed by atoms with van der Waals surface area (Å²) < 4.78 is 23.7. The number of aromatic nitrogens is 3. The van der Waals surface area contributed by atoms with Crippen LogP contribution in [0.1, 0.15) is 11.5 Å². The van der Waals surface area contributed by atoms with Gasteiger partial charge in [0.1, 0.15) is 11.5 Å². The molecule has 2 heterocycles. The highest BCUT2D eigenvalue weighted by Crippen LogP contribution is 2.41. The first-order valence-electron chi connectivity index (χ1n) is 10.9. The number of furan rings is 1. The van der Waals surface area contributed by atoms with Crippen molar-refractivity contribution in [2.75, 3.05) is 27.1 Å². The molecule has 2 aromatic carbocycles. The van der Waals surface area contributed by atoms with Gasteiger partial charge in [-0.2, -0.15) is 5.10 Å². The number of aryl methyl sites for hydroxylation is 1. The Labute approximate surface area is 212 Å². The standard InChI is InChI=1S/C25H25N5O5S/c1-16-10-11-19(35-16)14-26-27-22(31)15-36-25-29-28-24(30(25)18-8-6-5-7-9-18)17-12-20(32-2)23(34-4)21(13-17)33-3/h5-14H,15H2,1-4H3,(H,27,31)/b26-14-. The van der Waals surface area contributed by atoms with Crippen molar-refractivity contribution in [1.29, 1.82) is 0 Å². The molecule has 10 nitrogen and oxygen atoms in total. The van der Waals surface area contributed by atoms with E-state index in [9.17, 15) is 4.79 Å². The van der Waals surface area contributed by atoms with Crippen molar-refractivity contribution in [2.45, 2.75) is 12.1 Å². The topological polar surface area (TPSA) is 113 Å². The summed E-state index contributed by atoms with van der Waals surface area (Å²) in [5.41, 5.74) is 4.03. The van der Waals surface area contributed by atoms with Gasteiger partial charge in [-0.1, -0.05) is 30.0 Å². The van der Waals surface area contributed by atoms with E-state index in [-0.39, 0.29) is 11.7 Å². The Balaban J connectivity index is 1.61. The van der Waals surface area contributed by atoms with Gasteiger partial charge in [0.05, 0.1) is 33.3 Å². The van der Waals surface area contributed by atoms with Crippen LogP contribution in [0.2, 0.25) is 0 Å². The predicted octanol–water partition coefficient (Wildman–Crippen LogP) is 4.10. The van der Waals surface area contributed by atoms with Gasteiger partial charge in [-0.25, -0.2) is 5.43 Å². The first-order chi connectivity index (χ1) is 17.5. The summed E-state index contributed by atoms with van der Waals surface area (Å²) in [5, 5.41) is 13.2. The molecule has 1 amide bonds. The van der Waals surface area contributed by atoms with E-state index in [1.165, 1.54) is 18.0 Å². The average molecular weight is 508 g/mol. The van der Waals surface area contributed by atoms with E-state index in [2.05, 4.69) is 20.7 Å². The number of hydrazone groups is 1. The number of benzene rings is 2. The van der Waals surface area contributed by atoms with Crippen LogP contribution in [0.5, 0.6) is 17.2 Å². The number of nitrogens with one attached hydrogen (secondary N) is 1. The number of amides is 1. The number of ether oxygens (including phenoxy) is 3. The fraction of sp³-hybridized carbons (Fsp3) is 0.200. The second-order valence-electron chi connectivity index (χ2n) is 7.42. The highest BCUT2D eigenvalue weighted by Gasteiger charge is 2.21. The number of carbonyl (C=O) groups is 1. The van der Waals surface area contributed by atoms with Gasteiger partial charge in [0.15, 0.2) is 22.5 Å². The maximum absolute atomic E-state index is 12.4. The summed E-state index contributed by atoms with van der Waals surface area (Å²) in [6.07, 6.45) is 1.45. The Kier molecular flexibility index (Phi) is 7.91. The third-order valence-electron chi connectivity index (χ3n) is 5.05. The number of para-hydroxylation sites is 1. The van der Waals surface area contributed by atoms with Gasteiger partial charge in [-0.3, -0.25) is 9.36 Å². The molecule has 0 fully saturated rings. The summed E-state index contributed by atoms with van der Waals surface area (Å²) in [6.45, 7) is 1.84. The molecule has 186 valence electrons. The molecule has 0 atom stereocenters. The van der Waals surface area contributed by atoms with Crippen LogP contribution in [0, 0.1) is 6.92 Å². The molecule has 0 saturated heterocycles. The van der Waals surface area contributed by atoms with Gasteiger partial charge >= 0.3 is 0 Å². The Morgan fingerprint density at radius 2 is 1.78 bits per heavy atom. The van der Waals surface area contributed by atoms with Gasteiger partial charge in [0.25, 0.3) is 5.91 Å². The second kappa shape index (κ2) is 11.5. The van der Waals surface area contributed by atoms with Crippen LogP contribution >= 0.6 is 11.8 Å². The highest BCUT2D eigenvalue weighted by atomic mass is 32.2. The Morgan fingerprint density at radius 1 is 1.06 bits per heavy atom. The third-order valence-corrected chi connectivity index (χ3v) is 5.97. The van der Waals surface area contributed by atoms with Crippen molar-refractivity contribution < 1.29 is 23.4 Å². The molecule has 36 heavy (non-hydrogen) atoms. The summed E-state index contributed by atoms with van der Waals surface area (Å²) in [6, 6.07) is 16.8. The van der Waals surface area contributed by atoms with Crippen molar-refractivity contribution in [3.8, 4) is 34.3 Å². The van der Waals surface area contributed by atoms with E-state index in [0.29, 0.717) is 39.6 Å². The quantitative estimate of drug-likeness (QED) is 0.194. The van der Waals surface area contributed by atoms with Crippen molar-refractivity contribution >= 4 is 23.9 Å². The molecule has 1 N–H and O–H groups in total. The van der Waals surface area contributed by atoms with Gasteiger partial charge < -0.3 is 18.6 Å². The third kappa shape index (κ3) is 5.52. The lowest BCUT2D eigenvalue weighted by molar-refractivity contribution is -0.118. The predicted molar refractivity (Wildman–Crippen MR) is 136 cm³/mol. The molecule has 11 heteroatoms. The fourth-order valence-corrected chi connectivity index (χ4v) is 4.17. The molecular formula is C25H25N5O5S. The van der Waals surface area contributed by atoms with E-state index in [1.807, 2.05) is 47.9 Å². The van der Waals surface area contributed by atoms with Crippen LogP contribution in [-0.4, -0.2) is 54.0 Å². The molecule has 0 aliphatic heterocycles. The van der Waals surface area contributed by atoms with Crippen molar-refractivity contribution in [3.63, 3.8) is 0 Å². The largest absolute Gasteiger partial charge is 0.493 e. The zero-order valence-corrected chi connectivity index (χ0v) is 21.0.